The standard InChI is InChI=1S/C21H19ClF3N3O2/c1-3-28(20(29)21(23,24)25)12-13-10-15(5-7-19(13)30-2)27-17-8-9-26-18-11-14(22)4-6-16(17)18/h4-11H,3,12H2,1-2H3,(H,26,27). The van der Waals surface area contributed by atoms with Crippen molar-refractivity contribution in [2.75, 3.05) is 19.0 Å². The van der Waals surface area contributed by atoms with E-state index in [2.05, 4.69) is 10.3 Å². The molecule has 1 heterocycles. The van der Waals surface area contributed by atoms with E-state index in [9.17, 15) is 18.0 Å². The van der Waals surface area contributed by atoms with Crippen LogP contribution in [0, 0.1) is 0 Å². The number of anilines is 2. The SMILES string of the molecule is CCN(Cc1cc(Nc2ccnc3cc(Cl)ccc23)ccc1OC)C(=O)C(F)(F)F. The molecule has 158 valence electrons. The number of benzene rings is 2. The summed E-state index contributed by atoms with van der Waals surface area (Å²) in [5.41, 5.74) is 2.53. The zero-order chi connectivity index (χ0) is 21.9. The molecular weight excluding hydrogens is 419 g/mol. The second kappa shape index (κ2) is 8.79. The highest BCUT2D eigenvalue weighted by molar-refractivity contribution is 6.31. The molecule has 1 amide bonds. The number of nitrogens with zero attached hydrogens (tertiary/aromatic N) is 2. The van der Waals surface area contributed by atoms with Crippen molar-refractivity contribution in [3.05, 3.63) is 59.2 Å². The van der Waals surface area contributed by atoms with E-state index < -0.39 is 12.1 Å². The van der Waals surface area contributed by atoms with Gasteiger partial charge in [-0.25, -0.2) is 0 Å². The van der Waals surface area contributed by atoms with Crippen LogP contribution in [0.25, 0.3) is 10.9 Å². The van der Waals surface area contributed by atoms with Crippen molar-refractivity contribution >= 4 is 39.8 Å². The Morgan fingerprint density at radius 3 is 2.63 bits per heavy atom. The smallest absolute Gasteiger partial charge is 0.471 e. The van der Waals surface area contributed by atoms with Gasteiger partial charge in [0, 0.05) is 46.6 Å². The van der Waals surface area contributed by atoms with Gasteiger partial charge >= 0.3 is 12.1 Å². The molecule has 0 saturated heterocycles. The molecule has 1 aromatic heterocycles. The first kappa shape index (κ1) is 21.7. The van der Waals surface area contributed by atoms with Gasteiger partial charge in [-0.15, -0.1) is 0 Å². The molecule has 0 bridgehead atoms. The number of halogens is 4. The van der Waals surface area contributed by atoms with Gasteiger partial charge in [-0.1, -0.05) is 11.6 Å². The molecule has 5 nitrogen and oxygen atoms in total. The summed E-state index contributed by atoms with van der Waals surface area (Å²) in [6.07, 6.45) is -3.30. The molecule has 0 unspecified atom stereocenters. The summed E-state index contributed by atoms with van der Waals surface area (Å²) in [4.78, 5) is 16.7. The summed E-state index contributed by atoms with van der Waals surface area (Å²) in [5.74, 6) is -1.50. The van der Waals surface area contributed by atoms with Gasteiger partial charge in [0.15, 0.2) is 0 Å². The van der Waals surface area contributed by atoms with E-state index in [-0.39, 0.29) is 13.1 Å². The number of carbonyl (C=O) groups is 1. The predicted molar refractivity (Wildman–Crippen MR) is 110 cm³/mol. The van der Waals surface area contributed by atoms with Crippen LogP contribution in [0.5, 0.6) is 5.75 Å². The minimum atomic E-state index is -4.93. The number of aromatic nitrogens is 1. The number of nitrogens with one attached hydrogen (secondary N) is 1. The molecule has 1 N–H and O–H groups in total. The lowest BCUT2D eigenvalue weighted by Gasteiger charge is -2.23. The van der Waals surface area contributed by atoms with Gasteiger partial charge in [0.05, 0.1) is 12.6 Å². The van der Waals surface area contributed by atoms with E-state index in [0.717, 1.165) is 16.0 Å². The van der Waals surface area contributed by atoms with Gasteiger partial charge in [-0.05, 0) is 49.4 Å². The summed E-state index contributed by atoms with van der Waals surface area (Å²) in [7, 11) is 1.42. The van der Waals surface area contributed by atoms with Gasteiger partial charge < -0.3 is 15.0 Å². The fraction of sp³-hybridized carbons (Fsp3) is 0.238. The molecule has 3 aromatic rings. The summed E-state index contributed by atoms with van der Waals surface area (Å²) in [6, 6.07) is 12.1. The zero-order valence-electron chi connectivity index (χ0n) is 16.3. The fourth-order valence-electron chi connectivity index (χ4n) is 3.08. The van der Waals surface area contributed by atoms with Crippen LogP contribution in [0.1, 0.15) is 12.5 Å². The summed E-state index contributed by atoms with van der Waals surface area (Å²) < 4.78 is 43.9. The quantitative estimate of drug-likeness (QED) is 0.549. The third kappa shape index (κ3) is 4.76. The molecule has 30 heavy (non-hydrogen) atoms. The van der Waals surface area contributed by atoms with Gasteiger partial charge in [-0.2, -0.15) is 13.2 Å². The second-order valence-corrected chi connectivity index (χ2v) is 6.93. The maximum atomic E-state index is 12.9. The molecule has 0 saturated carbocycles. The Balaban J connectivity index is 1.92. The van der Waals surface area contributed by atoms with Crippen LogP contribution in [-0.4, -0.2) is 35.6 Å². The maximum absolute atomic E-state index is 12.9. The molecule has 0 spiro atoms. The third-order valence-corrected chi connectivity index (χ3v) is 4.77. The van der Waals surface area contributed by atoms with E-state index in [4.69, 9.17) is 16.3 Å². The Hall–Kier alpha value is -3.00. The minimum absolute atomic E-state index is 0.0884. The monoisotopic (exact) mass is 437 g/mol. The second-order valence-electron chi connectivity index (χ2n) is 6.49. The summed E-state index contributed by atoms with van der Waals surface area (Å²) >= 11 is 6.02. The number of rotatable bonds is 6. The average Bonchev–Trinajstić information content (AvgIpc) is 2.71. The third-order valence-electron chi connectivity index (χ3n) is 4.54. The Bertz CT molecular complexity index is 1070. The Morgan fingerprint density at radius 1 is 1.20 bits per heavy atom. The van der Waals surface area contributed by atoms with Gasteiger partial charge in [0.25, 0.3) is 0 Å². The maximum Gasteiger partial charge on any atom is 0.471 e. The number of fused-ring (bicyclic) bond motifs is 1. The van der Waals surface area contributed by atoms with E-state index in [0.29, 0.717) is 27.5 Å². The van der Waals surface area contributed by atoms with E-state index in [1.165, 1.54) is 14.0 Å². The Kier molecular flexibility index (Phi) is 6.36. The number of methoxy groups -OCH3 is 1. The average molecular weight is 438 g/mol. The number of ether oxygens (including phenoxy) is 1. The Labute approximate surface area is 176 Å². The molecule has 3 rings (SSSR count). The summed E-state index contributed by atoms with van der Waals surface area (Å²) in [5, 5.41) is 4.64. The number of pyridine rings is 1. The topological polar surface area (TPSA) is 54.5 Å². The van der Waals surface area contributed by atoms with Crippen molar-refractivity contribution < 1.29 is 22.7 Å². The molecule has 0 aliphatic carbocycles. The molecule has 0 aliphatic heterocycles. The molecule has 0 aliphatic rings. The van der Waals surface area contributed by atoms with Crippen LogP contribution in [0.4, 0.5) is 24.5 Å². The molecular formula is C21H19ClF3N3O2. The summed E-state index contributed by atoms with van der Waals surface area (Å²) in [6.45, 7) is 1.17. The molecule has 9 heteroatoms. The first-order chi connectivity index (χ1) is 14.2. The van der Waals surface area contributed by atoms with Crippen molar-refractivity contribution in [3.63, 3.8) is 0 Å². The zero-order valence-corrected chi connectivity index (χ0v) is 17.0. The molecule has 2 aromatic carbocycles. The lowest BCUT2D eigenvalue weighted by Crippen LogP contribution is -2.40. The van der Waals surface area contributed by atoms with Crippen LogP contribution in [-0.2, 0) is 11.3 Å². The number of hydrogen-bond donors (Lipinski definition) is 1. The molecule has 0 atom stereocenters. The first-order valence-electron chi connectivity index (χ1n) is 9.07. The highest BCUT2D eigenvalue weighted by Gasteiger charge is 2.42. The molecule has 0 radical (unpaired) electrons. The van der Waals surface area contributed by atoms with Gasteiger partial charge in [-0.3, -0.25) is 9.78 Å². The number of carbonyl (C=O) groups excluding carboxylic acids is 1. The van der Waals surface area contributed by atoms with Crippen molar-refractivity contribution in [3.8, 4) is 5.75 Å². The normalized spacial score (nSPS) is 11.4. The number of amides is 1. The van der Waals surface area contributed by atoms with Crippen molar-refractivity contribution in [2.24, 2.45) is 0 Å². The van der Waals surface area contributed by atoms with Crippen LogP contribution < -0.4 is 10.1 Å². The largest absolute Gasteiger partial charge is 0.496 e. The van der Waals surface area contributed by atoms with Crippen molar-refractivity contribution in [1.29, 1.82) is 0 Å². The first-order valence-corrected chi connectivity index (χ1v) is 9.45. The number of hydrogen-bond acceptors (Lipinski definition) is 4. The minimum Gasteiger partial charge on any atom is -0.496 e. The fourth-order valence-corrected chi connectivity index (χ4v) is 3.24. The van der Waals surface area contributed by atoms with Crippen LogP contribution in [0.3, 0.4) is 0 Å². The highest BCUT2D eigenvalue weighted by Crippen LogP contribution is 2.31. The van der Waals surface area contributed by atoms with Crippen molar-refractivity contribution in [1.82, 2.24) is 9.88 Å². The lowest BCUT2D eigenvalue weighted by molar-refractivity contribution is -0.185. The van der Waals surface area contributed by atoms with Crippen molar-refractivity contribution in [2.45, 2.75) is 19.6 Å². The van der Waals surface area contributed by atoms with Crippen LogP contribution in [0.2, 0.25) is 5.02 Å². The lowest BCUT2D eigenvalue weighted by atomic mass is 10.1. The van der Waals surface area contributed by atoms with E-state index >= 15 is 0 Å². The number of alkyl halides is 3. The van der Waals surface area contributed by atoms with Crippen LogP contribution in [0.15, 0.2) is 48.7 Å². The van der Waals surface area contributed by atoms with Gasteiger partial charge in [0.1, 0.15) is 5.75 Å². The van der Waals surface area contributed by atoms with E-state index in [1.807, 2.05) is 6.07 Å². The van der Waals surface area contributed by atoms with E-state index in [1.54, 1.807) is 42.6 Å². The predicted octanol–water partition coefficient (Wildman–Crippen LogP) is 5.55. The Morgan fingerprint density at radius 2 is 1.97 bits per heavy atom. The molecule has 0 fully saturated rings. The highest BCUT2D eigenvalue weighted by atomic mass is 35.5. The van der Waals surface area contributed by atoms with Crippen LogP contribution >= 0.6 is 11.6 Å². The van der Waals surface area contributed by atoms with Gasteiger partial charge in [0.2, 0.25) is 0 Å².